The highest BCUT2D eigenvalue weighted by molar-refractivity contribution is 5.33. The van der Waals surface area contributed by atoms with Gasteiger partial charge < -0.3 is 9.84 Å². The highest BCUT2D eigenvalue weighted by atomic mass is 16.5. The Bertz CT molecular complexity index is 443. The molecule has 2 atom stereocenters. The Labute approximate surface area is 116 Å². The summed E-state index contributed by atoms with van der Waals surface area (Å²) < 4.78 is 6.01. The van der Waals surface area contributed by atoms with E-state index in [1.54, 1.807) is 0 Å². The number of aliphatic hydroxyl groups is 1. The van der Waals surface area contributed by atoms with Gasteiger partial charge in [-0.2, -0.15) is 0 Å². The van der Waals surface area contributed by atoms with Crippen molar-refractivity contribution < 1.29 is 9.84 Å². The van der Waals surface area contributed by atoms with Crippen LogP contribution < -0.4 is 4.74 Å². The molecular weight excluding hydrogens is 236 g/mol. The first-order valence-electron chi connectivity index (χ1n) is 7.15. The third kappa shape index (κ3) is 3.11. The minimum atomic E-state index is -0.384. The van der Waals surface area contributed by atoms with Gasteiger partial charge in [0.1, 0.15) is 11.9 Å². The fourth-order valence-corrected chi connectivity index (χ4v) is 2.66. The molecule has 0 aliphatic heterocycles. The number of hydrogen-bond donors (Lipinski definition) is 1. The molecule has 0 amide bonds. The second-order valence-electron chi connectivity index (χ2n) is 7.41. The molecule has 0 spiro atoms. The third-order valence-corrected chi connectivity index (χ3v) is 4.21. The molecule has 0 heterocycles. The lowest BCUT2D eigenvalue weighted by atomic mass is 9.87. The van der Waals surface area contributed by atoms with E-state index < -0.39 is 0 Å². The number of hydrogen-bond acceptors (Lipinski definition) is 2. The molecule has 1 aromatic carbocycles. The van der Waals surface area contributed by atoms with Crippen molar-refractivity contribution in [3.63, 3.8) is 0 Å². The summed E-state index contributed by atoms with van der Waals surface area (Å²) in [7, 11) is 0. The molecule has 0 aromatic heterocycles. The van der Waals surface area contributed by atoms with Crippen LogP contribution in [0.5, 0.6) is 5.75 Å². The first-order valence-corrected chi connectivity index (χ1v) is 7.15. The summed E-state index contributed by atoms with van der Waals surface area (Å²) in [6.07, 6.45) is 1.47. The van der Waals surface area contributed by atoms with Gasteiger partial charge in [0.15, 0.2) is 0 Å². The number of rotatable bonds is 2. The maximum atomic E-state index is 10.3. The van der Waals surface area contributed by atoms with Gasteiger partial charge in [-0.3, -0.25) is 0 Å². The molecule has 0 saturated heterocycles. The topological polar surface area (TPSA) is 29.5 Å². The van der Waals surface area contributed by atoms with Crippen LogP contribution in [0.15, 0.2) is 24.3 Å². The quantitative estimate of drug-likeness (QED) is 0.875. The van der Waals surface area contributed by atoms with Crippen molar-refractivity contribution in [3.05, 3.63) is 29.8 Å². The second kappa shape index (κ2) is 4.82. The lowest BCUT2D eigenvalue weighted by Crippen LogP contribution is -2.34. The normalized spacial score (nSPS) is 26.4. The summed E-state index contributed by atoms with van der Waals surface area (Å²) in [4.78, 5) is 0. The average molecular weight is 262 g/mol. The Hall–Kier alpha value is -1.02. The van der Waals surface area contributed by atoms with Gasteiger partial charge in [-0.25, -0.2) is 0 Å². The first kappa shape index (κ1) is 14.4. The molecule has 106 valence electrons. The van der Waals surface area contributed by atoms with Crippen molar-refractivity contribution in [1.82, 2.24) is 0 Å². The average Bonchev–Trinajstić information content (AvgIpc) is 2.56. The van der Waals surface area contributed by atoms with E-state index in [2.05, 4.69) is 46.8 Å². The lowest BCUT2D eigenvalue weighted by Gasteiger charge is -2.26. The molecule has 1 aliphatic rings. The Morgan fingerprint density at radius 2 is 1.95 bits per heavy atom. The van der Waals surface area contributed by atoms with Crippen molar-refractivity contribution in [3.8, 4) is 5.75 Å². The molecule has 2 heteroatoms. The Morgan fingerprint density at radius 3 is 2.47 bits per heavy atom. The minimum absolute atomic E-state index is 0.0354. The molecule has 2 unspecified atom stereocenters. The standard InChI is InChI=1S/C17H26O2/c1-16(2,3)12-7-6-8-13(11-12)19-14-9-10-17(4,5)15(14)18/h6-8,11,14-15,18H,9-10H2,1-5H3. The van der Waals surface area contributed by atoms with Crippen molar-refractivity contribution in [2.24, 2.45) is 5.41 Å². The van der Waals surface area contributed by atoms with Crippen molar-refractivity contribution in [1.29, 1.82) is 0 Å². The monoisotopic (exact) mass is 262 g/mol. The SMILES string of the molecule is CC(C)(C)c1cccc(OC2CCC(C)(C)C2O)c1. The molecule has 2 nitrogen and oxygen atoms in total. The van der Waals surface area contributed by atoms with Crippen molar-refractivity contribution in [2.75, 3.05) is 0 Å². The Morgan fingerprint density at radius 1 is 1.26 bits per heavy atom. The Balaban J connectivity index is 2.13. The minimum Gasteiger partial charge on any atom is -0.488 e. The van der Waals surface area contributed by atoms with E-state index in [-0.39, 0.29) is 23.0 Å². The Kier molecular flexibility index (Phi) is 3.65. The fourth-order valence-electron chi connectivity index (χ4n) is 2.66. The summed E-state index contributed by atoms with van der Waals surface area (Å²) in [5, 5.41) is 10.3. The first-order chi connectivity index (χ1) is 8.70. The summed E-state index contributed by atoms with van der Waals surface area (Å²) in [6.45, 7) is 10.8. The highest BCUT2D eigenvalue weighted by Crippen LogP contribution is 2.39. The molecule has 1 aliphatic carbocycles. The lowest BCUT2D eigenvalue weighted by molar-refractivity contribution is 0.00488. The van der Waals surface area contributed by atoms with E-state index in [1.165, 1.54) is 5.56 Å². The van der Waals surface area contributed by atoms with Crippen LogP contribution in [0.3, 0.4) is 0 Å². The maximum absolute atomic E-state index is 10.3. The predicted molar refractivity (Wildman–Crippen MR) is 78.6 cm³/mol. The fraction of sp³-hybridized carbons (Fsp3) is 0.647. The van der Waals surface area contributed by atoms with Gasteiger partial charge >= 0.3 is 0 Å². The smallest absolute Gasteiger partial charge is 0.125 e. The summed E-state index contributed by atoms with van der Waals surface area (Å²) in [5.41, 5.74) is 1.34. The summed E-state index contributed by atoms with van der Waals surface area (Å²) in [5.74, 6) is 0.870. The van der Waals surface area contributed by atoms with Gasteiger partial charge in [-0.05, 0) is 41.4 Å². The van der Waals surface area contributed by atoms with Gasteiger partial charge in [0.25, 0.3) is 0 Å². The molecule has 1 fully saturated rings. The summed E-state index contributed by atoms with van der Waals surface area (Å²) in [6, 6.07) is 8.23. The zero-order valence-corrected chi connectivity index (χ0v) is 12.7. The third-order valence-electron chi connectivity index (χ3n) is 4.21. The van der Waals surface area contributed by atoms with Gasteiger partial charge in [-0.1, -0.05) is 46.8 Å². The number of benzene rings is 1. The molecule has 0 radical (unpaired) electrons. The van der Waals surface area contributed by atoms with E-state index in [9.17, 15) is 5.11 Å². The zero-order chi connectivity index (χ0) is 14.3. The molecule has 0 bridgehead atoms. The van der Waals surface area contributed by atoms with Crippen LogP contribution in [0.4, 0.5) is 0 Å². The van der Waals surface area contributed by atoms with Crippen LogP contribution in [-0.2, 0) is 5.41 Å². The van der Waals surface area contributed by atoms with E-state index in [1.807, 2.05) is 12.1 Å². The molecular formula is C17H26O2. The van der Waals surface area contributed by atoms with Crippen LogP contribution in [0.25, 0.3) is 0 Å². The van der Waals surface area contributed by atoms with E-state index >= 15 is 0 Å². The molecule has 2 rings (SSSR count). The zero-order valence-electron chi connectivity index (χ0n) is 12.7. The van der Waals surface area contributed by atoms with Gasteiger partial charge in [0.05, 0.1) is 6.10 Å². The predicted octanol–water partition coefficient (Wildman–Crippen LogP) is 3.91. The van der Waals surface area contributed by atoms with Crippen molar-refractivity contribution >= 4 is 0 Å². The second-order valence-corrected chi connectivity index (χ2v) is 7.41. The van der Waals surface area contributed by atoms with E-state index in [4.69, 9.17) is 4.74 Å². The van der Waals surface area contributed by atoms with Crippen molar-refractivity contribution in [2.45, 2.75) is 65.1 Å². The highest BCUT2D eigenvalue weighted by Gasteiger charge is 2.42. The van der Waals surface area contributed by atoms with Crippen LogP contribution in [0, 0.1) is 5.41 Å². The van der Waals surface area contributed by atoms with Crippen LogP contribution in [0.2, 0.25) is 0 Å². The van der Waals surface area contributed by atoms with Gasteiger partial charge in [-0.15, -0.1) is 0 Å². The maximum Gasteiger partial charge on any atom is 0.125 e. The molecule has 1 aromatic rings. The number of aliphatic hydroxyl groups excluding tert-OH is 1. The number of ether oxygens (including phenoxy) is 1. The van der Waals surface area contributed by atoms with E-state index in [0.29, 0.717) is 0 Å². The van der Waals surface area contributed by atoms with E-state index in [0.717, 1.165) is 18.6 Å². The van der Waals surface area contributed by atoms with Crippen LogP contribution in [0.1, 0.15) is 53.0 Å². The summed E-state index contributed by atoms with van der Waals surface area (Å²) >= 11 is 0. The van der Waals surface area contributed by atoms with Gasteiger partial charge in [0.2, 0.25) is 0 Å². The molecule has 19 heavy (non-hydrogen) atoms. The van der Waals surface area contributed by atoms with Gasteiger partial charge in [0, 0.05) is 0 Å². The molecule has 1 N–H and O–H groups in total. The largest absolute Gasteiger partial charge is 0.488 e. The van der Waals surface area contributed by atoms with Crippen LogP contribution >= 0.6 is 0 Å². The van der Waals surface area contributed by atoms with Crippen LogP contribution in [-0.4, -0.2) is 17.3 Å². The molecule has 1 saturated carbocycles.